The fraction of sp³-hybridized carbons (Fsp3) is 0.571. The Hall–Kier alpha value is -2.50. The van der Waals surface area contributed by atoms with Crippen molar-refractivity contribution in [2.24, 2.45) is 5.73 Å². The van der Waals surface area contributed by atoms with Crippen LogP contribution in [0.1, 0.15) is 38.7 Å². The molecule has 2 aliphatic heterocycles. The first-order valence-corrected chi connectivity index (χ1v) is 12.3. The summed E-state index contributed by atoms with van der Waals surface area (Å²) in [7, 11) is -4.29. The summed E-state index contributed by atoms with van der Waals surface area (Å²) >= 11 is 0. The van der Waals surface area contributed by atoms with Crippen LogP contribution in [0.25, 0.3) is 0 Å². The van der Waals surface area contributed by atoms with Crippen LogP contribution >= 0.6 is 0 Å². The van der Waals surface area contributed by atoms with E-state index in [0.29, 0.717) is 37.4 Å². The number of anilines is 1. The Morgan fingerprint density at radius 1 is 1.28 bits per heavy atom. The number of ether oxygens (including phenoxy) is 1. The van der Waals surface area contributed by atoms with Crippen molar-refractivity contribution in [2.45, 2.75) is 56.5 Å². The number of amides is 3. The lowest BCUT2D eigenvalue weighted by Gasteiger charge is -2.35. The minimum absolute atomic E-state index is 0.0787. The van der Waals surface area contributed by atoms with Crippen LogP contribution in [0, 0.1) is 0 Å². The van der Waals surface area contributed by atoms with Gasteiger partial charge in [-0.25, -0.2) is 8.42 Å². The Labute approximate surface area is 188 Å². The number of piperidine rings is 1. The average molecular weight is 467 g/mol. The van der Waals surface area contributed by atoms with Crippen molar-refractivity contribution in [3.05, 3.63) is 23.8 Å². The second kappa shape index (κ2) is 9.97. The van der Waals surface area contributed by atoms with Crippen LogP contribution < -0.4 is 15.4 Å². The fourth-order valence-electron chi connectivity index (χ4n) is 4.23. The van der Waals surface area contributed by atoms with Gasteiger partial charge in [0, 0.05) is 24.8 Å². The van der Waals surface area contributed by atoms with Crippen LogP contribution in [-0.2, 0) is 35.6 Å². The van der Waals surface area contributed by atoms with Crippen LogP contribution in [0.2, 0.25) is 0 Å². The summed E-state index contributed by atoms with van der Waals surface area (Å²) in [6.45, 7) is 4.65. The lowest BCUT2D eigenvalue weighted by Crippen LogP contribution is -2.57. The van der Waals surface area contributed by atoms with Crippen molar-refractivity contribution in [1.29, 1.82) is 0 Å². The Kier molecular flexibility index (Phi) is 7.52. The van der Waals surface area contributed by atoms with E-state index >= 15 is 0 Å². The van der Waals surface area contributed by atoms with E-state index in [-0.39, 0.29) is 23.5 Å². The molecule has 2 heterocycles. The molecule has 3 N–H and O–H groups in total. The summed E-state index contributed by atoms with van der Waals surface area (Å²) in [5, 5.41) is 0. The van der Waals surface area contributed by atoms with Crippen molar-refractivity contribution in [2.75, 3.05) is 31.2 Å². The molecular weight excluding hydrogens is 436 g/mol. The van der Waals surface area contributed by atoms with Gasteiger partial charge in [-0.05, 0) is 50.3 Å². The van der Waals surface area contributed by atoms with Gasteiger partial charge in [-0.1, -0.05) is 13.0 Å². The van der Waals surface area contributed by atoms with Gasteiger partial charge < -0.3 is 20.3 Å². The zero-order valence-electron chi connectivity index (χ0n) is 18.4. The van der Waals surface area contributed by atoms with Crippen molar-refractivity contribution < 1.29 is 27.5 Å². The number of nitrogens with two attached hydrogens (primary N) is 1. The monoisotopic (exact) mass is 466 g/mol. The number of sulfonamides is 1. The zero-order chi connectivity index (χ0) is 23.5. The Bertz CT molecular complexity index is 996. The van der Waals surface area contributed by atoms with Crippen LogP contribution in [0.4, 0.5) is 5.69 Å². The van der Waals surface area contributed by atoms with Gasteiger partial charge in [-0.2, -0.15) is 4.72 Å². The average Bonchev–Trinajstić information content (AvgIpc) is 2.77. The Balaban J connectivity index is 1.94. The van der Waals surface area contributed by atoms with E-state index in [2.05, 4.69) is 4.72 Å². The summed E-state index contributed by atoms with van der Waals surface area (Å²) < 4.78 is 34.0. The van der Waals surface area contributed by atoms with E-state index in [1.807, 2.05) is 6.92 Å². The molecule has 0 bridgehead atoms. The summed E-state index contributed by atoms with van der Waals surface area (Å²) in [4.78, 5) is 40.3. The van der Waals surface area contributed by atoms with Crippen LogP contribution in [-0.4, -0.2) is 69.4 Å². The first kappa shape index (κ1) is 24.1. The molecule has 2 aliphatic rings. The lowest BCUT2D eigenvalue weighted by atomic mass is 10.0. The summed E-state index contributed by atoms with van der Waals surface area (Å²) in [5.74, 6) is -1.97. The minimum Gasteiger partial charge on any atom is -0.370 e. The van der Waals surface area contributed by atoms with Crippen LogP contribution in [0.5, 0.6) is 0 Å². The van der Waals surface area contributed by atoms with E-state index in [9.17, 15) is 22.8 Å². The van der Waals surface area contributed by atoms with Crippen molar-refractivity contribution in [3.8, 4) is 0 Å². The molecule has 1 aromatic carbocycles. The number of morpholine rings is 1. The Morgan fingerprint density at radius 3 is 2.66 bits per heavy atom. The molecule has 0 saturated carbocycles. The van der Waals surface area contributed by atoms with Gasteiger partial charge in [-0.3, -0.25) is 14.4 Å². The molecule has 32 heavy (non-hydrogen) atoms. The van der Waals surface area contributed by atoms with E-state index in [0.717, 1.165) is 19.3 Å². The van der Waals surface area contributed by atoms with Gasteiger partial charge >= 0.3 is 0 Å². The molecule has 2 atom stereocenters. The van der Waals surface area contributed by atoms with Gasteiger partial charge in [0.2, 0.25) is 15.9 Å². The number of hydrogen-bond donors (Lipinski definition) is 2. The highest BCUT2D eigenvalue weighted by Crippen LogP contribution is 2.29. The van der Waals surface area contributed by atoms with Crippen molar-refractivity contribution in [3.63, 3.8) is 0 Å². The first-order valence-electron chi connectivity index (χ1n) is 10.8. The third kappa shape index (κ3) is 4.94. The molecule has 11 heteroatoms. The number of nitrogens with one attached hydrogen (secondary N) is 1. The minimum atomic E-state index is -4.29. The maximum absolute atomic E-state index is 13.3. The number of rotatable bonds is 7. The molecule has 2 saturated heterocycles. The maximum Gasteiger partial charge on any atom is 0.253 e. The van der Waals surface area contributed by atoms with E-state index in [1.54, 1.807) is 13.0 Å². The summed E-state index contributed by atoms with van der Waals surface area (Å²) in [5.41, 5.74) is 6.31. The standard InChI is InChI=1S/C21H30N4O6S/c1-3-15-16(25-11-12-31-13-18(25)26)8-6-9-17(15)32(29,30)23-19(20(22)27)21(28)24-10-5-4-7-14(24)2/h6,8-9,14,19,23H,3-5,7,10-13H2,1-2H3,(H2,22,27)/t14-,19-/m0/s1. The first-order chi connectivity index (χ1) is 15.2. The third-order valence-electron chi connectivity index (χ3n) is 5.92. The second-order valence-electron chi connectivity index (χ2n) is 8.04. The predicted molar refractivity (Wildman–Crippen MR) is 117 cm³/mol. The molecule has 1 aromatic rings. The highest BCUT2D eigenvalue weighted by atomic mass is 32.2. The fourth-order valence-corrected chi connectivity index (χ4v) is 5.71. The number of benzene rings is 1. The molecule has 3 amide bonds. The number of likely N-dealkylation sites (tertiary alicyclic amines) is 1. The lowest BCUT2D eigenvalue weighted by molar-refractivity contribution is -0.140. The predicted octanol–water partition coefficient (Wildman–Crippen LogP) is 0.145. The molecule has 0 aliphatic carbocycles. The zero-order valence-corrected chi connectivity index (χ0v) is 19.2. The molecule has 0 unspecified atom stereocenters. The molecule has 2 fully saturated rings. The smallest absolute Gasteiger partial charge is 0.253 e. The normalized spacial score (nSPS) is 20.8. The molecule has 0 radical (unpaired) electrons. The molecule has 0 spiro atoms. The van der Waals surface area contributed by atoms with E-state index in [1.165, 1.54) is 21.9 Å². The van der Waals surface area contributed by atoms with Gasteiger partial charge in [0.15, 0.2) is 6.04 Å². The van der Waals surface area contributed by atoms with Crippen molar-refractivity contribution in [1.82, 2.24) is 9.62 Å². The van der Waals surface area contributed by atoms with E-state index in [4.69, 9.17) is 10.5 Å². The number of nitrogens with zero attached hydrogens (tertiary/aromatic N) is 2. The highest BCUT2D eigenvalue weighted by molar-refractivity contribution is 7.89. The quantitative estimate of drug-likeness (QED) is 0.548. The second-order valence-corrected chi connectivity index (χ2v) is 9.72. The maximum atomic E-state index is 13.3. The molecule has 176 valence electrons. The third-order valence-corrected chi connectivity index (χ3v) is 7.43. The van der Waals surface area contributed by atoms with Crippen molar-refractivity contribution >= 4 is 33.4 Å². The summed E-state index contributed by atoms with van der Waals surface area (Å²) in [6, 6.07) is 2.78. The van der Waals surface area contributed by atoms with Crippen LogP contribution in [0.15, 0.2) is 23.1 Å². The number of carbonyl (C=O) groups is 3. The van der Waals surface area contributed by atoms with Gasteiger partial charge in [0.1, 0.15) is 6.61 Å². The summed E-state index contributed by atoms with van der Waals surface area (Å²) in [6.07, 6.45) is 2.84. The molecule has 3 rings (SSSR count). The number of carbonyl (C=O) groups excluding carboxylic acids is 3. The largest absolute Gasteiger partial charge is 0.370 e. The highest BCUT2D eigenvalue weighted by Gasteiger charge is 2.37. The number of hydrogen-bond acceptors (Lipinski definition) is 6. The van der Waals surface area contributed by atoms with Gasteiger partial charge in [0.05, 0.1) is 11.5 Å². The van der Waals surface area contributed by atoms with Crippen LogP contribution in [0.3, 0.4) is 0 Å². The van der Waals surface area contributed by atoms with Gasteiger partial charge in [-0.15, -0.1) is 0 Å². The van der Waals surface area contributed by atoms with E-state index < -0.39 is 27.9 Å². The molecule has 10 nitrogen and oxygen atoms in total. The van der Waals surface area contributed by atoms with Gasteiger partial charge in [0.25, 0.3) is 11.8 Å². The topological polar surface area (TPSA) is 139 Å². The SMILES string of the molecule is CCc1c(N2CCOCC2=O)cccc1S(=O)(=O)N[C@@H](C(N)=O)C(=O)N1CCCC[C@@H]1C. The molecule has 0 aromatic heterocycles. The molecular formula is C21H30N4O6S. The Morgan fingerprint density at radius 2 is 2.03 bits per heavy atom. The number of primary amides is 1.